The van der Waals surface area contributed by atoms with E-state index in [0.717, 1.165) is 10.5 Å². The Morgan fingerprint density at radius 3 is 2.57 bits per heavy atom. The van der Waals surface area contributed by atoms with Gasteiger partial charge in [0.05, 0.1) is 12.8 Å². The number of imide groups is 1. The maximum absolute atomic E-state index is 14.4. The molecule has 3 amide bonds. The number of hydrogen-bond donors (Lipinski definition) is 1. The lowest BCUT2D eigenvalue weighted by Crippen LogP contribution is -2.53. The van der Waals surface area contributed by atoms with Crippen LogP contribution in [0.4, 0.5) is 15.3 Å². The van der Waals surface area contributed by atoms with Crippen molar-refractivity contribution in [1.29, 1.82) is 0 Å². The molecule has 2 aromatic carbocycles. The third kappa shape index (κ3) is 2.90. The second kappa shape index (κ2) is 8.31. The van der Waals surface area contributed by atoms with Gasteiger partial charge in [0.1, 0.15) is 12.0 Å². The van der Waals surface area contributed by atoms with Crippen molar-refractivity contribution >= 4 is 23.8 Å². The van der Waals surface area contributed by atoms with Gasteiger partial charge in [0.2, 0.25) is 0 Å². The van der Waals surface area contributed by atoms with Crippen LogP contribution in [0.5, 0.6) is 0 Å². The van der Waals surface area contributed by atoms with Gasteiger partial charge in [-0.15, -0.1) is 6.58 Å². The minimum Gasteiger partial charge on any atom is -0.453 e. The summed E-state index contributed by atoms with van der Waals surface area (Å²) in [7, 11) is 1.32. The fourth-order valence-corrected chi connectivity index (χ4v) is 7.48. The third-order valence-electron chi connectivity index (χ3n) is 8.84. The number of methoxy groups -OCH3 is 1. The summed E-state index contributed by atoms with van der Waals surface area (Å²) >= 11 is 0. The van der Waals surface area contributed by atoms with Gasteiger partial charge in [-0.1, -0.05) is 66.8 Å². The van der Waals surface area contributed by atoms with Gasteiger partial charge in [-0.2, -0.15) is 0 Å². The molecule has 8 nitrogen and oxygen atoms in total. The van der Waals surface area contributed by atoms with Crippen LogP contribution in [0, 0.1) is 23.2 Å². The first-order valence-corrected chi connectivity index (χ1v) is 12.4. The molecule has 4 bridgehead atoms. The number of aliphatic hydroxyl groups is 1. The first kappa shape index (κ1) is 23.5. The number of likely N-dealkylation sites (tertiary alicyclic amines) is 1. The Bertz CT molecular complexity index is 1320. The number of carbonyl (C=O) groups excluding carboxylic acids is 3. The van der Waals surface area contributed by atoms with E-state index in [1.165, 1.54) is 7.11 Å². The highest BCUT2D eigenvalue weighted by Gasteiger charge is 2.76. The zero-order valence-corrected chi connectivity index (χ0v) is 20.4. The summed E-state index contributed by atoms with van der Waals surface area (Å²) in [5, 5.41) is 10.4. The third-order valence-corrected chi connectivity index (χ3v) is 8.84. The maximum Gasteiger partial charge on any atom is 0.421 e. The van der Waals surface area contributed by atoms with Crippen molar-refractivity contribution in [2.75, 3.05) is 25.2 Å². The fraction of sp³-hybridized carbons (Fsp3) is 0.345. The van der Waals surface area contributed by atoms with E-state index in [1.807, 2.05) is 60.7 Å². The predicted octanol–water partition coefficient (Wildman–Crippen LogP) is 3.66. The Balaban J connectivity index is 1.45. The Labute approximate surface area is 214 Å². The lowest BCUT2D eigenvalue weighted by molar-refractivity contribution is -0.124. The van der Waals surface area contributed by atoms with E-state index in [4.69, 9.17) is 9.47 Å². The SMILES string of the molecule is C=C[C@]12CN(C(=O)OC)C3[C@@H](CO)[C@H]1C=C[C@]1(C(=O)N(C(=O)OCc4ccccc4)c4ccccc41)[C@@H]32. The Kier molecular flexibility index (Phi) is 5.28. The molecule has 2 heterocycles. The molecule has 2 fully saturated rings. The van der Waals surface area contributed by atoms with Gasteiger partial charge in [-0.05, 0) is 23.1 Å². The average molecular weight is 501 g/mol. The summed E-state index contributed by atoms with van der Waals surface area (Å²) < 4.78 is 10.7. The lowest BCUT2D eigenvalue weighted by atomic mass is 9.56. The highest BCUT2D eigenvalue weighted by Crippen LogP contribution is 2.70. The first-order valence-electron chi connectivity index (χ1n) is 12.4. The normalized spacial score (nSPS) is 32.5. The maximum atomic E-state index is 14.4. The summed E-state index contributed by atoms with van der Waals surface area (Å²) in [6, 6.07) is 16.0. The van der Waals surface area contributed by atoms with E-state index in [-0.39, 0.29) is 25.0 Å². The number of ether oxygens (including phenoxy) is 2. The summed E-state index contributed by atoms with van der Waals surface area (Å²) in [4.78, 5) is 43.4. The van der Waals surface area contributed by atoms with E-state index in [1.54, 1.807) is 17.0 Å². The topological polar surface area (TPSA) is 96.4 Å². The number of fused-ring (bicyclic) bond motifs is 2. The Morgan fingerprint density at radius 2 is 1.86 bits per heavy atom. The van der Waals surface area contributed by atoms with Crippen molar-refractivity contribution in [3.8, 4) is 0 Å². The van der Waals surface area contributed by atoms with Crippen LogP contribution in [-0.4, -0.2) is 54.4 Å². The van der Waals surface area contributed by atoms with Crippen LogP contribution >= 0.6 is 0 Å². The molecular formula is C29H28N2O6. The number of piperidine rings is 1. The van der Waals surface area contributed by atoms with E-state index in [9.17, 15) is 19.5 Å². The fourth-order valence-electron chi connectivity index (χ4n) is 7.48. The van der Waals surface area contributed by atoms with Crippen molar-refractivity contribution in [2.24, 2.45) is 23.2 Å². The van der Waals surface area contributed by atoms with Gasteiger partial charge in [0.25, 0.3) is 5.91 Å². The van der Waals surface area contributed by atoms with E-state index >= 15 is 0 Å². The van der Waals surface area contributed by atoms with Gasteiger partial charge >= 0.3 is 12.2 Å². The zero-order valence-electron chi connectivity index (χ0n) is 20.4. The molecule has 1 N–H and O–H groups in total. The van der Waals surface area contributed by atoms with Crippen molar-refractivity contribution in [2.45, 2.75) is 18.1 Å². The van der Waals surface area contributed by atoms with Crippen LogP contribution in [0.2, 0.25) is 0 Å². The molecule has 0 aromatic heterocycles. The molecule has 2 aliphatic carbocycles. The molecular weight excluding hydrogens is 472 g/mol. The number of anilines is 1. The number of amides is 3. The largest absolute Gasteiger partial charge is 0.453 e. The van der Waals surface area contributed by atoms with Crippen LogP contribution in [0.25, 0.3) is 0 Å². The second-order valence-electron chi connectivity index (χ2n) is 10.2. The first-order chi connectivity index (χ1) is 17.9. The molecule has 4 aliphatic rings. The van der Waals surface area contributed by atoms with Gasteiger partial charge < -0.3 is 19.5 Å². The van der Waals surface area contributed by atoms with Crippen molar-refractivity contribution in [3.05, 3.63) is 90.5 Å². The molecule has 1 saturated heterocycles. The molecule has 1 spiro atoms. The van der Waals surface area contributed by atoms with Crippen LogP contribution in [-0.2, 0) is 26.3 Å². The number of aliphatic hydroxyl groups excluding tert-OH is 1. The summed E-state index contributed by atoms with van der Waals surface area (Å²) in [5.41, 5.74) is 0.0464. The van der Waals surface area contributed by atoms with Gasteiger partial charge in [-0.25, -0.2) is 14.5 Å². The molecule has 1 unspecified atom stereocenters. The molecule has 0 radical (unpaired) electrons. The molecule has 1 saturated carbocycles. The monoisotopic (exact) mass is 500 g/mol. The lowest BCUT2D eigenvalue weighted by Gasteiger charge is -2.45. The average Bonchev–Trinajstić information content (AvgIpc) is 3.47. The number of para-hydroxylation sites is 1. The van der Waals surface area contributed by atoms with Gasteiger partial charge in [-0.3, -0.25) is 4.79 Å². The zero-order chi connectivity index (χ0) is 25.9. The summed E-state index contributed by atoms with van der Waals surface area (Å²) in [6.45, 7) is 4.32. The number of nitrogens with zero attached hydrogens (tertiary/aromatic N) is 2. The highest BCUT2D eigenvalue weighted by atomic mass is 16.6. The van der Waals surface area contributed by atoms with Crippen LogP contribution in [0.1, 0.15) is 11.1 Å². The van der Waals surface area contributed by atoms with E-state index < -0.39 is 40.9 Å². The van der Waals surface area contributed by atoms with E-state index in [2.05, 4.69) is 6.58 Å². The molecule has 190 valence electrons. The number of allylic oxidation sites excluding steroid dienone is 1. The van der Waals surface area contributed by atoms with Crippen molar-refractivity contribution in [3.63, 3.8) is 0 Å². The molecule has 8 heteroatoms. The predicted molar refractivity (Wildman–Crippen MR) is 134 cm³/mol. The van der Waals surface area contributed by atoms with Gasteiger partial charge in [0, 0.05) is 36.4 Å². The minimum atomic E-state index is -1.23. The molecule has 2 aliphatic heterocycles. The van der Waals surface area contributed by atoms with Crippen LogP contribution in [0.3, 0.4) is 0 Å². The summed E-state index contributed by atoms with van der Waals surface area (Å²) in [5.74, 6) is -1.27. The molecule has 6 atom stereocenters. The smallest absolute Gasteiger partial charge is 0.421 e. The van der Waals surface area contributed by atoms with Crippen LogP contribution in [0.15, 0.2) is 79.4 Å². The standard InChI is InChI=1S/C29H28N2O6/c1-3-28-17-30(26(34)36-2)23-19(15-32)20(28)13-14-29(24(23)28)21-11-7-8-12-22(21)31(25(29)33)27(35)37-16-18-9-5-4-6-10-18/h3-14,19-20,23-24,32H,1,15-17H2,2H3/t19-,20+,23?,24-,28-,29+/m0/s1. The Morgan fingerprint density at radius 1 is 1.14 bits per heavy atom. The summed E-state index contributed by atoms with van der Waals surface area (Å²) in [6.07, 6.45) is 4.41. The molecule has 37 heavy (non-hydrogen) atoms. The van der Waals surface area contributed by atoms with Crippen molar-refractivity contribution in [1.82, 2.24) is 4.90 Å². The molecule has 2 aromatic rings. The quantitative estimate of drug-likeness (QED) is 0.644. The van der Waals surface area contributed by atoms with Crippen LogP contribution < -0.4 is 4.90 Å². The number of carbonyl (C=O) groups is 3. The molecule has 6 rings (SSSR count). The second-order valence-corrected chi connectivity index (χ2v) is 10.2. The number of hydrogen-bond acceptors (Lipinski definition) is 6. The minimum absolute atomic E-state index is 0.0297. The number of rotatable bonds is 4. The van der Waals surface area contributed by atoms with Crippen molar-refractivity contribution < 1.29 is 29.0 Å². The highest BCUT2D eigenvalue weighted by molar-refractivity contribution is 6.22. The van der Waals surface area contributed by atoms with E-state index in [0.29, 0.717) is 17.8 Å². The number of benzene rings is 2. The van der Waals surface area contributed by atoms with Gasteiger partial charge in [0.15, 0.2) is 0 Å². The Hall–Kier alpha value is -3.91.